The highest BCUT2D eigenvalue weighted by atomic mass is 35.5. The number of fused-ring (bicyclic) bond motifs is 1. The van der Waals surface area contributed by atoms with Crippen molar-refractivity contribution in [1.29, 1.82) is 0 Å². The number of carbonyl (C=O) groups excluding carboxylic acids is 1. The Morgan fingerprint density at radius 3 is 3.00 bits per heavy atom. The number of rotatable bonds is 3. The molecule has 2 aromatic rings. The fourth-order valence-corrected chi connectivity index (χ4v) is 2.66. The summed E-state index contributed by atoms with van der Waals surface area (Å²) >= 11 is 6.04. The van der Waals surface area contributed by atoms with Crippen molar-refractivity contribution in [3.05, 3.63) is 35.0 Å². The lowest BCUT2D eigenvalue weighted by molar-refractivity contribution is 0.0123. The number of furan rings is 1. The molecule has 0 amide bonds. The first-order valence-corrected chi connectivity index (χ1v) is 6.95. The minimum absolute atomic E-state index is 0.0147. The van der Waals surface area contributed by atoms with Crippen molar-refractivity contribution < 1.29 is 13.9 Å². The summed E-state index contributed by atoms with van der Waals surface area (Å²) in [6.45, 7) is 0.754. The van der Waals surface area contributed by atoms with Crippen LogP contribution in [0.2, 0.25) is 5.02 Å². The molecule has 1 aromatic heterocycles. The molecule has 1 saturated heterocycles. The van der Waals surface area contributed by atoms with Gasteiger partial charge in [-0.1, -0.05) is 23.7 Å². The van der Waals surface area contributed by atoms with Gasteiger partial charge in [0.15, 0.2) is 11.3 Å². The van der Waals surface area contributed by atoms with Crippen LogP contribution < -0.4 is 0 Å². The summed E-state index contributed by atoms with van der Waals surface area (Å²) in [7, 11) is 0. The smallest absolute Gasteiger partial charge is 0.200 e. The van der Waals surface area contributed by atoms with E-state index in [-0.39, 0.29) is 11.9 Å². The third-order valence-corrected chi connectivity index (χ3v) is 3.76. The minimum atomic E-state index is -0.0147. The summed E-state index contributed by atoms with van der Waals surface area (Å²) in [5, 5.41) is 1.39. The van der Waals surface area contributed by atoms with Gasteiger partial charge in [-0.25, -0.2) is 0 Å². The molecular weight excluding hydrogens is 264 g/mol. The van der Waals surface area contributed by atoms with Crippen LogP contribution in [-0.4, -0.2) is 18.5 Å². The lowest BCUT2D eigenvalue weighted by Gasteiger charge is -2.21. The number of para-hydroxylation sites is 1. The second kappa shape index (κ2) is 5.35. The third-order valence-electron chi connectivity index (χ3n) is 3.46. The summed E-state index contributed by atoms with van der Waals surface area (Å²) < 4.78 is 11.1. The summed E-state index contributed by atoms with van der Waals surface area (Å²) in [6, 6.07) is 7.25. The van der Waals surface area contributed by atoms with Crippen LogP contribution in [0.5, 0.6) is 0 Å². The maximum absolute atomic E-state index is 12.2. The van der Waals surface area contributed by atoms with Gasteiger partial charge in [0, 0.05) is 18.4 Å². The highest BCUT2D eigenvalue weighted by Crippen LogP contribution is 2.28. The predicted molar refractivity (Wildman–Crippen MR) is 73.8 cm³/mol. The Morgan fingerprint density at radius 2 is 2.26 bits per heavy atom. The molecule has 0 aliphatic carbocycles. The standard InChI is InChI=1S/C15H15ClO3/c16-12-6-3-4-10-8-14(19-15(10)12)13(17)9-11-5-1-2-7-18-11/h3-4,6,8,11H,1-2,5,7,9H2. The van der Waals surface area contributed by atoms with Gasteiger partial charge in [0.25, 0.3) is 0 Å². The maximum Gasteiger partial charge on any atom is 0.200 e. The second-order valence-corrected chi connectivity index (χ2v) is 5.29. The molecule has 1 aliphatic rings. The Bertz CT molecular complexity index is 596. The number of ether oxygens (including phenoxy) is 1. The van der Waals surface area contributed by atoms with Crippen LogP contribution in [0.3, 0.4) is 0 Å². The van der Waals surface area contributed by atoms with Gasteiger partial charge in [0.1, 0.15) is 0 Å². The fraction of sp³-hybridized carbons (Fsp3) is 0.400. The minimum Gasteiger partial charge on any atom is -0.451 e. The van der Waals surface area contributed by atoms with E-state index in [4.69, 9.17) is 20.8 Å². The van der Waals surface area contributed by atoms with Crippen molar-refractivity contribution in [3.63, 3.8) is 0 Å². The first-order valence-electron chi connectivity index (χ1n) is 6.57. The molecule has 19 heavy (non-hydrogen) atoms. The molecule has 1 aromatic carbocycles. The first-order chi connectivity index (χ1) is 9.24. The van der Waals surface area contributed by atoms with Crippen molar-refractivity contribution in [2.45, 2.75) is 31.8 Å². The molecule has 3 nitrogen and oxygen atoms in total. The number of carbonyl (C=O) groups is 1. The summed E-state index contributed by atoms with van der Waals surface area (Å²) in [5.41, 5.74) is 0.581. The van der Waals surface area contributed by atoms with E-state index < -0.39 is 0 Å². The van der Waals surface area contributed by atoms with Crippen LogP contribution in [-0.2, 0) is 4.74 Å². The van der Waals surface area contributed by atoms with Crippen LogP contribution in [0.1, 0.15) is 36.2 Å². The Labute approximate surface area is 116 Å². The zero-order valence-corrected chi connectivity index (χ0v) is 11.3. The predicted octanol–water partition coefficient (Wildman–Crippen LogP) is 4.23. The van der Waals surface area contributed by atoms with Gasteiger partial charge >= 0.3 is 0 Å². The molecule has 1 fully saturated rings. The molecular formula is C15H15ClO3. The third kappa shape index (κ3) is 2.67. The van der Waals surface area contributed by atoms with Crippen LogP contribution >= 0.6 is 11.6 Å². The number of ketones is 1. The monoisotopic (exact) mass is 278 g/mol. The molecule has 0 N–H and O–H groups in total. The SMILES string of the molecule is O=C(CC1CCCCO1)c1cc2cccc(Cl)c2o1. The van der Waals surface area contributed by atoms with E-state index in [1.165, 1.54) is 0 Å². The van der Waals surface area contributed by atoms with E-state index in [1.807, 2.05) is 12.1 Å². The lowest BCUT2D eigenvalue weighted by Crippen LogP contribution is -2.22. The topological polar surface area (TPSA) is 39.4 Å². The first kappa shape index (κ1) is 12.7. The van der Waals surface area contributed by atoms with Gasteiger partial charge in [-0.05, 0) is 31.4 Å². The second-order valence-electron chi connectivity index (χ2n) is 4.88. The van der Waals surface area contributed by atoms with Gasteiger partial charge in [0.2, 0.25) is 5.78 Å². The van der Waals surface area contributed by atoms with Crippen LogP contribution in [0.15, 0.2) is 28.7 Å². The molecule has 3 rings (SSSR count). The number of hydrogen-bond acceptors (Lipinski definition) is 3. The summed E-state index contributed by atoms with van der Waals surface area (Å²) in [5.74, 6) is 0.358. The van der Waals surface area contributed by atoms with E-state index in [2.05, 4.69) is 0 Å². The molecule has 0 bridgehead atoms. The Morgan fingerprint density at radius 1 is 1.37 bits per heavy atom. The number of halogens is 1. The number of Topliss-reactive ketones (excluding diaryl/α,β-unsaturated/α-hetero) is 1. The van der Waals surface area contributed by atoms with Crippen LogP contribution in [0.25, 0.3) is 11.0 Å². The largest absolute Gasteiger partial charge is 0.451 e. The van der Waals surface area contributed by atoms with E-state index in [0.29, 0.717) is 22.8 Å². The van der Waals surface area contributed by atoms with Gasteiger partial charge in [-0.3, -0.25) is 4.79 Å². The van der Waals surface area contributed by atoms with Crippen molar-refractivity contribution in [2.24, 2.45) is 0 Å². The van der Waals surface area contributed by atoms with Crippen LogP contribution in [0, 0.1) is 0 Å². The molecule has 1 aliphatic heterocycles. The van der Waals surface area contributed by atoms with E-state index in [1.54, 1.807) is 12.1 Å². The zero-order valence-electron chi connectivity index (χ0n) is 10.5. The van der Waals surface area contributed by atoms with E-state index >= 15 is 0 Å². The molecule has 100 valence electrons. The molecule has 4 heteroatoms. The van der Waals surface area contributed by atoms with Crippen molar-refractivity contribution in [1.82, 2.24) is 0 Å². The van der Waals surface area contributed by atoms with E-state index in [9.17, 15) is 4.79 Å². The van der Waals surface area contributed by atoms with E-state index in [0.717, 1.165) is 31.3 Å². The van der Waals surface area contributed by atoms with Gasteiger partial charge in [0.05, 0.1) is 11.1 Å². The normalized spacial score (nSPS) is 19.7. The Kier molecular flexibility index (Phi) is 3.58. The average molecular weight is 279 g/mol. The quantitative estimate of drug-likeness (QED) is 0.789. The average Bonchev–Trinajstić information content (AvgIpc) is 2.85. The van der Waals surface area contributed by atoms with Crippen molar-refractivity contribution in [2.75, 3.05) is 6.61 Å². The van der Waals surface area contributed by atoms with Gasteiger partial charge in [-0.15, -0.1) is 0 Å². The Balaban J connectivity index is 1.79. The molecule has 0 radical (unpaired) electrons. The van der Waals surface area contributed by atoms with Crippen molar-refractivity contribution in [3.8, 4) is 0 Å². The fourth-order valence-electron chi connectivity index (χ4n) is 2.44. The maximum atomic E-state index is 12.2. The summed E-state index contributed by atoms with van der Waals surface area (Å²) in [6.07, 6.45) is 3.59. The molecule has 1 atom stereocenters. The van der Waals surface area contributed by atoms with Crippen LogP contribution in [0.4, 0.5) is 0 Å². The Hall–Kier alpha value is -1.32. The summed E-state index contributed by atoms with van der Waals surface area (Å²) in [4.78, 5) is 12.2. The zero-order chi connectivity index (χ0) is 13.2. The molecule has 0 saturated carbocycles. The van der Waals surface area contributed by atoms with Gasteiger partial charge < -0.3 is 9.15 Å². The van der Waals surface area contributed by atoms with Crippen molar-refractivity contribution >= 4 is 28.4 Å². The highest BCUT2D eigenvalue weighted by molar-refractivity contribution is 6.34. The number of benzene rings is 1. The highest BCUT2D eigenvalue weighted by Gasteiger charge is 2.21. The molecule has 2 heterocycles. The lowest BCUT2D eigenvalue weighted by atomic mass is 10.0. The molecule has 0 spiro atoms. The molecule has 1 unspecified atom stereocenters. The van der Waals surface area contributed by atoms with Gasteiger partial charge in [-0.2, -0.15) is 0 Å². The number of hydrogen-bond donors (Lipinski definition) is 0.